The molecule has 228 valence electrons. The number of carbonyl (C=O) groups excluding carboxylic acids is 2. The van der Waals surface area contributed by atoms with Gasteiger partial charge >= 0.3 is 0 Å². The van der Waals surface area contributed by atoms with Crippen LogP contribution < -0.4 is 14.2 Å². The van der Waals surface area contributed by atoms with E-state index >= 15 is 0 Å². The fourth-order valence-corrected chi connectivity index (χ4v) is 5.15. The number of likely N-dealkylation sites (tertiary alicyclic amines) is 1. The van der Waals surface area contributed by atoms with Crippen LogP contribution in [0.5, 0.6) is 17.2 Å². The third kappa shape index (κ3) is 7.56. The molecule has 1 atom stereocenters. The lowest BCUT2D eigenvalue weighted by atomic mass is 9.95. The fourth-order valence-electron chi connectivity index (χ4n) is 5.15. The second kappa shape index (κ2) is 15.3. The summed E-state index contributed by atoms with van der Waals surface area (Å²) in [6.07, 6.45) is 0.874. The molecule has 0 radical (unpaired) electrons. The molecular formula is C35H42N2O6. The lowest BCUT2D eigenvalue weighted by Gasteiger charge is -2.28. The van der Waals surface area contributed by atoms with Crippen LogP contribution in [0, 0.1) is 0 Å². The lowest BCUT2D eigenvalue weighted by Crippen LogP contribution is -2.38. The molecule has 1 unspecified atom stereocenters. The molecule has 1 amide bonds. The summed E-state index contributed by atoms with van der Waals surface area (Å²) >= 11 is 0. The van der Waals surface area contributed by atoms with Crippen LogP contribution in [0.1, 0.15) is 56.8 Å². The number of amides is 1. The zero-order chi connectivity index (χ0) is 30.8. The van der Waals surface area contributed by atoms with Gasteiger partial charge in [-0.3, -0.25) is 9.59 Å². The number of nitrogens with zero attached hydrogens (tertiary/aromatic N) is 2. The SMILES string of the molecule is CCCOc1ccc(/C(O)=C2\C(=O)C(=O)N(CCN(CC)CC)C2c2ccc(OCc3ccccc3)c(OCC)c2)cc1. The Hall–Kier alpha value is -4.30. The monoisotopic (exact) mass is 586 g/mol. The van der Waals surface area contributed by atoms with Gasteiger partial charge in [-0.15, -0.1) is 0 Å². The number of carbonyl (C=O) groups is 2. The predicted molar refractivity (Wildman–Crippen MR) is 167 cm³/mol. The average Bonchev–Trinajstić information content (AvgIpc) is 3.29. The highest BCUT2D eigenvalue weighted by molar-refractivity contribution is 6.46. The van der Waals surface area contributed by atoms with Gasteiger partial charge in [-0.05, 0) is 74.0 Å². The summed E-state index contributed by atoms with van der Waals surface area (Å²) in [7, 11) is 0. The fraction of sp³-hybridized carbons (Fsp3) is 0.371. The summed E-state index contributed by atoms with van der Waals surface area (Å²) in [5.41, 5.74) is 2.15. The zero-order valence-corrected chi connectivity index (χ0v) is 25.5. The van der Waals surface area contributed by atoms with Crippen molar-refractivity contribution in [3.63, 3.8) is 0 Å². The Morgan fingerprint density at radius 1 is 0.860 bits per heavy atom. The van der Waals surface area contributed by atoms with E-state index in [1.165, 1.54) is 0 Å². The van der Waals surface area contributed by atoms with Crippen molar-refractivity contribution in [2.75, 3.05) is 39.4 Å². The van der Waals surface area contributed by atoms with E-state index in [0.29, 0.717) is 61.3 Å². The molecule has 0 aliphatic carbocycles. The van der Waals surface area contributed by atoms with Gasteiger partial charge in [0.25, 0.3) is 11.7 Å². The molecule has 8 nitrogen and oxygen atoms in total. The standard InChI is InChI=1S/C35H42N2O6/c1-5-22-42-28-17-14-26(15-18-28)33(38)31-32(37(35(40)34(31)39)21-20-36(6-2)7-3)27-16-19-29(30(23-27)41-8-4)43-24-25-12-10-9-11-13-25/h9-19,23,32,38H,5-8,20-22,24H2,1-4H3/b33-31+. The molecule has 0 spiro atoms. The van der Waals surface area contributed by atoms with Crippen LogP contribution >= 0.6 is 0 Å². The van der Waals surface area contributed by atoms with E-state index < -0.39 is 17.7 Å². The second-order valence-electron chi connectivity index (χ2n) is 10.3. The number of Topliss-reactive ketones (excluding diaryl/α,β-unsaturated/α-hetero) is 1. The van der Waals surface area contributed by atoms with Crippen LogP contribution in [0.2, 0.25) is 0 Å². The maximum absolute atomic E-state index is 13.5. The Kier molecular flexibility index (Phi) is 11.2. The quantitative estimate of drug-likeness (QED) is 0.129. The van der Waals surface area contributed by atoms with Crippen molar-refractivity contribution in [3.05, 3.63) is 95.1 Å². The van der Waals surface area contributed by atoms with Crippen LogP contribution in [0.15, 0.2) is 78.4 Å². The highest BCUT2D eigenvalue weighted by Gasteiger charge is 2.46. The van der Waals surface area contributed by atoms with Crippen LogP contribution in [-0.2, 0) is 16.2 Å². The van der Waals surface area contributed by atoms with E-state index in [-0.39, 0.29) is 11.3 Å². The average molecular weight is 587 g/mol. The van der Waals surface area contributed by atoms with Gasteiger partial charge in [0.05, 0.1) is 24.8 Å². The van der Waals surface area contributed by atoms with Crippen LogP contribution in [0.3, 0.4) is 0 Å². The summed E-state index contributed by atoms with van der Waals surface area (Å²) < 4.78 is 17.7. The van der Waals surface area contributed by atoms with Gasteiger partial charge in [0.1, 0.15) is 18.1 Å². The number of likely N-dealkylation sites (N-methyl/N-ethyl adjacent to an activating group) is 1. The van der Waals surface area contributed by atoms with E-state index in [0.717, 1.165) is 25.1 Å². The van der Waals surface area contributed by atoms with Gasteiger partial charge in [0.2, 0.25) is 0 Å². The van der Waals surface area contributed by atoms with Crippen molar-refractivity contribution in [2.45, 2.75) is 46.8 Å². The lowest BCUT2D eigenvalue weighted by molar-refractivity contribution is -0.140. The number of hydrogen-bond donors (Lipinski definition) is 1. The topological polar surface area (TPSA) is 88.5 Å². The second-order valence-corrected chi connectivity index (χ2v) is 10.3. The third-order valence-electron chi connectivity index (χ3n) is 7.51. The molecule has 3 aromatic carbocycles. The molecule has 1 saturated heterocycles. The van der Waals surface area contributed by atoms with Crippen LogP contribution in [0.25, 0.3) is 5.76 Å². The number of aliphatic hydroxyl groups is 1. The molecule has 1 aliphatic heterocycles. The summed E-state index contributed by atoms with van der Waals surface area (Å²) in [5, 5.41) is 11.5. The first kappa shape index (κ1) is 31.6. The van der Waals surface area contributed by atoms with Crippen molar-refractivity contribution in [1.29, 1.82) is 0 Å². The number of ether oxygens (including phenoxy) is 3. The molecule has 0 saturated carbocycles. The van der Waals surface area contributed by atoms with Crippen molar-refractivity contribution >= 4 is 17.4 Å². The largest absolute Gasteiger partial charge is 0.507 e. The van der Waals surface area contributed by atoms with Gasteiger partial charge in [-0.25, -0.2) is 0 Å². The third-order valence-corrected chi connectivity index (χ3v) is 7.51. The minimum absolute atomic E-state index is 0.0483. The van der Waals surface area contributed by atoms with Crippen molar-refractivity contribution in [2.24, 2.45) is 0 Å². The predicted octanol–water partition coefficient (Wildman–Crippen LogP) is 6.22. The molecule has 1 heterocycles. The van der Waals surface area contributed by atoms with Gasteiger partial charge < -0.3 is 29.1 Å². The number of hydrogen-bond acceptors (Lipinski definition) is 7. The molecule has 43 heavy (non-hydrogen) atoms. The minimum atomic E-state index is -0.797. The molecule has 4 rings (SSSR count). The molecule has 8 heteroatoms. The summed E-state index contributed by atoms with van der Waals surface area (Å²) in [5.74, 6) is 0.153. The number of benzene rings is 3. The Labute approximate surface area is 254 Å². The highest BCUT2D eigenvalue weighted by Crippen LogP contribution is 2.42. The Bertz CT molecular complexity index is 1400. The van der Waals surface area contributed by atoms with Crippen molar-refractivity contribution in [1.82, 2.24) is 9.80 Å². The van der Waals surface area contributed by atoms with Crippen molar-refractivity contribution in [3.8, 4) is 17.2 Å². The summed E-state index contributed by atoms with van der Waals surface area (Å²) in [6.45, 7) is 11.9. The summed E-state index contributed by atoms with van der Waals surface area (Å²) in [6, 6.07) is 21.4. The van der Waals surface area contributed by atoms with E-state index in [9.17, 15) is 14.7 Å². The molecule has 0 aromatic heterocycles. The first-order valence-electron chi connectivity index (χ1n) is 15.1. The molecule has 0 bridgehead atoms. The van der Waals surface area contributed by atoms with E-state index in [4.69, 9.17) is 14.2 Å². The maximum atomic E-state index is 13.5. The zero-order valence-electron chi connectivity index (χ0n) is 25.5. The molecule has 3 aromatic rings. The number of ketones is 1. The summed E-state index contributed by atoms with van der Waals surface area (Å²) in [4.78, 5) is 30.8. The van der Waals surface area contributed by atoms with Crippen LogP contribution in [-0.4, -0.2) is 66.0 Å². The molecular weight excluding hydrogens is 544 g/mol. The van der Waals surface area contributed by atoms with E-state index in [2.05, 4.69) is 18.7 Å². The van der Waals surface area contributed by atoms with Gasteiger partial charge in [0.15, 0.2) is 11.5 Å². The maximum Gasteiger partial charge on any atom is 0.295 e. The van der Waals surface area contributed by atoms with Gasteiger partial charge in [0, 0.05) is 18.7 Å². The smallest absolute Gasteiger partial charge is 0.295 e. The minimum Gasteiger partial charge on any atom is -0.507 e. The number of rotatable bonds is 15. The van der Waals surface area contributed by atoms with Crippen molar-refractivity contribution < 1.29 is 28.9 Å². The van der Waals surface area contributed by atoms with Crippen LogP contribution in [0.4, 0.5) is 0 Å². The van der Waals surface area contributed by atoms with E-state index in [1.54, 1.807) is 41.3 Å². The van der Waals surface area contributed by atoms with Gasteiger partial charge in [-0.2, -0.15) is 0 Å². The first-order chi connectivity index (χ1) is 20.9. The highest BCUT2D eigenvalue weighted by atomic mass is 16.5. The Morgan fingerprint density at radius 3 is 2.23 bits per heavy atom. The Balaban J connectivity index is 1.74. The normalized spacial score (nSPS) is 16.1. The Morgan fingerprint density at radius 2 is 1.58 bits per heavy atom. The molecule has 1 N–H and O–H groups in total. The molecule has 1 aliphatic rings. The first-order valence-corrected chi connectivity index (χ1v) is 15.1. The number of aliphatic hydroxyl groups excluding tert-OH is 1. The molecule has 1 fully saturated rings. The van der Waals surface area contributed by atoms with E-state index in [1.807, 2.05) is 50.2 Å². The van der Waals surface area contributed by atoms with Gasteiger partial charge in [-0.1, -0.05) is 57.2 Å².